The highest BCUT2D eigenvalue weighted by Crippen LogP contribution is 2.50. The molecule has 2 aromatic rings. The van der Waals surface area contributed by atoms with Gasteiger partial charge in [-0.3, -0.25) is 4.99 Å². The molecule has 0 aromatic heterocycles. The summed E-state index contributed by atoms with van der Waals surface area (Å²) in [5, 5.41) is 0.915. The molecule has 4 heteroatoms. The zero-order valence-electron chi connectivity index (χ0n) is 15.3. The lowest BCUT2D eigenvalue weighted by atomic mass is 9.68. The highest BCUT2D eigenvalue weighted by atomic mass is 32.2. The third-order valence-corrected chi connectivity index (χ3v) is 6.78. The maximum Gasteiger partial charge on any atom is 0.128 e. The van der Waals surface area contributed by atoms with Gasteiger partial charge in [-0.1, -0.05) is 55.1 Å². The largest absolute Gasteiger partial charge is 0.374 e. The second-order valence-corrected chi connectivity index (χ2v) is 8.30. The predicted octanol–water partition coefficient (Wildman–Crippen LogP) is 5.74. The molecule has 2 aliphatic rings. The molecule has 0 N–H and O–H groups in total. The summed E-state index contributed by atoms with van der Waals surface area (Å²) in [7, 11) is 0. The Kier molecular flexibility index (Phi) is 5.46. The SMILES string of the molecule is C=CC1=NC2(c3ccccc3F)CCC(OCc3ccccc3)CC2CS1. The van der Waals surface area contributed by atoms with E-state index in [2.05, 4.69) is 18.7 Å². The minimum atomic E-state index is -0.493. The van der Waals surface area contributed by atoms with Gasteiger partial charge < -0.3 is 4.74 Å². The third kappa shape index (κ3) is 3.74. The molecule has 1 aliphatic carbocycles. The smallest absolute Gasteiger partial charge is 0.128 e. The zero-order chi connectivity index (χ0) is 18.7. The van der Waals surface area contributed by atoms with Crippen LogP contribution in [-0.2, 0) is 16.9 Å². The molecule has 1 fully saturated rings. The first kappa shape index (κ1) is 18.5. The van der Waals surface area contributed by atoms with Gasteiger partial charge in [0.15, 0.2) is 0 Å². The van der Waals surface area contributed by atoms with Gasteiger partial charge in [0.2, 0.25) is 0 Å². The van der Waals surface area contributed by atoms with Crippen molar-refractivity contribution < 1.29 is 9.13 Å². The van der Waals surface area contributed by atoms with Crippen molar-refractivity contribution in [2.45, 2.75) is 37.5 Å². The highest BCUT2D eigenvalue weighted by molar-refractivity contribution is 8.14. The number of aliphatic imine (C=N–C) groups is 1. The first-order chi connectivity index (χ1) is 13.2. The van der Waals surface area contributed by atoms with Crippen molar-refractivity contribution in [2.75, 3.05) is 5.75 Å². The van der Waals surface area contributed by atoms with Crippen LogP contribution < -0.4 is 0 Å². The van der Waals surface area contributed by atoms with E-state index in [9.17, 15) is 4.39 Å². The second-order valence-electron chi connectivity index (χ2n) is 7.26. The van der Waals surface area contributed by atoms with E-state index < -0.39 is 5.54 Å². The first-order valence-corrected chi connectivity index (χ1v) is 10.5. The quantitative estimate of drug-likeness (QED) is 0.659. The molecular formula is C23H24FNOS. The summed E-state index contributed by atoms with van der Waals surface area (Å²) < 4.78 is 20.9. The molecule has 1 aliphatic heterocycles. The molecule has 140 valence electrons. The summed E-state index contributed by atoms with van der Waals surface area (Å²) >= 11 is 1.72. The summed E-state index contributed by atoms with van der Waals surface area (Å²) in [6.45, 7) is 4.50. The molecule has 2 nitrogen and oxygen atoms in total. The highest BCUT2D eigenvalue weighted by Gasteiger charge is 2.48. The Balaban J connectivity index is 1.56. The average molecular weight is 382 g/mol. The molecule has 0 bridgehead atoms. The van der Waals surface area contributed by atoms with Crippen LogP contribution in [0.3, 0.4) is 0 Å². The van der Waals surface area contributed by atoms with Gasteiger partial charge in [-0.05, 0) is 37.0 Å². The van der Waals surface area contributed by atoms with E-state index >= 15 is 0 Å². The normalized spacial score (nSPS) is 27.5. The van der Waals surface area contributed by atoms with E-state index in [0.29, 0.717) is 6.61 Å². The van der Waals surface area contributed by atoms with Crippen molar-refractivity contribution in [3.63, 3.8) is 0 Å². The summed E-state index contributed by atoms with van der Waals surface area (Å²) in [6.07, 6.45) is 4.58. The van der Waals surface area contributed by atoms with Crippen molar-refractivity contribution in [1.82, 2.24) is 0 Å². The number of hydrogen-bond donors (Lipinski definition) is 0. The van der Waals surface area contributed by atoms with Crippen LogP contribution in [0.2, 0.25) is 0 Å². The lowest BCUT2D eigenvalue weighted by Crippen LogP contribution is -2.45. The maximum atomic E-state index is 14.7. The van der Waals surface area contributed by atoms with Crippen LogP contribution >= 0.6 is 11.8 Å². The minimum Gasteiger partial charge on any atom is -0.374 e. The van der Waals surface area contributed by atoms with Crippen molar-refractivity contribution in [3.8, 4) is 0 Å². The van der Waals surface area contributed by atoms with Crippen LogP contribution in [0, 0.1) is 11.7 Å². The fourth-order valence-corrected chi connectivity index (χ4v) is 5.38. The molecule has 0 spiro atoms. The molecule has 27 heavy (non-hydrogen) atoms. The van der Waals surface area contributed by atoms with Gasteiger partial charge in [0, 0.05) is 17.2 Å². The van der Waals surface area contributed by atoms with Crippen molar-refractivity contribution in [3.05, 3.63) is 84.2 Å². The van der Waals surface area contributed by atoms with E-state index in [4.69, 9.17) is 9.73 Å². The Bertz CT molecular complexity index is 837. The number of rotatable bonds is 5. The molecule has 4 rings (SSSR count). The number of benzene rings is 2. The number of hydrogen-bond acceptors (Lipinski definition) is 3. The van der Waals surface area contributed by atoms with Gasteiger partial charge in [0.25, 0.3) is 0 Å². The van der Waals surface area contributed by atoms with Crippen LogP contribution in [0.25, 0.3) is 0 Å². The van der Waals surface area contributed by atoms with Crippen molar-refractivity contribution in [2.24, 2.45) is 10.9 Å². The zero-order valence-corrected chi connectivity index (χ0v) is 16.1. The van der Waals surface area contributed by atoms with E-state index in [1.165, 1.54) is 5.56 Å². The molecule has 0 saturated heterocycles. The topological polar surface area (TPSA) is 21.6 Å². The first-order valence-electron chi connectivity index (χ1n) is 9.47. The molecule has 2 aromatic carbocycles. The molecule has 3 unspecified atom stereocenters. The Morgan fingerprint density at radius 3 is 2.74 bits per heavy atom. The van der Waals surface area contributed by atoms with Gasteiger partial charge in [-0.15, -0.1) is 11.8 Å². The lowest BCUT2D eigenvalue weighted by Gasteiger charge is -2.46. The van der Waals surface area contributed by atoms with Gasteiger partial charge in [-0.25, -0.2) is 4.39 Å². The molecule has 0 radical (unpaired) electrons. The summed E-state index contributed by atoms with van der Waals surface area (Å²) in [5.41, 5.74) is 1.41. The standard InChI is InChI=1S/C23H24FNOS/c1-2-22-25-23(20-10-6-7-11-21(20)24)13-12-19(14-18(23)16-27-22)26-15-17-8-4-3-5-9-17/h2-11,18-19H,1,12-16H2. The monoisotopic (exact) mass is 381 g/mol. The molecule has 1 saturated carbocycles. The molecule has 1 heterocycles. The number of fused-ring (bicyclic) bond motifs is 1. The van der Waals surface area contributed by atoms with Crippen LogP contribution in [0.4, 0.5) is 4.39 Å². The fourth-order valence-electron chi connectivity index (χ4n) is 4.25. The second kappa shape index (κ2) is 7.99. The molecule has 0 amide bonds. The van der Waals surface area contributed by atoms with Crippen LogP contribution in [-0.4, -0.2) is 16.9 Å². The van der Waals surface area contributed by atoms with Crippen molar-refractivity contribution in [1.29, 1.82) is 0 Å². The van der Waals surface area contributed by atoms with Crippen molar-refractivity contribution >= 4 is 16.8 Å². The summed E-state index contributed by atoms with van der Waals surface area (Å²) in [4.78, 5) is 5.00. The van der Waals surface area contributed by atoms with E-state index in [0.717, 1.165) is 35.6 Å². The number of halogens is 1. The lowest BCUT2D eigenvalue weighted by molar-refractivity contribution is -0.0168. The van der Waals surface area contributed by atoms with Gasteiger partial charge in [0.1, 0.15) is 5.82 Å². The number of thioether (sulfide) groups is 1. The van der Waals surface area contributed by atoms with Gasteiger partial charge in [-0.2, -0.15) is 0 Å². The Morgan fingerprint density at radius 2 is 1.96 bits per heavy atom. The van der Waals surface area contributed by atoms with Crippen LogP contribution in [0.15, 0.2) is 72.2 Å². The number of nitrogens with zero attached hydrogens (tertiary/aromatic N) is 1. The Hall–Kier alpha value is -1.91. The van der Waals surface area contributed by atoms with Gasteiger partial charge >= 0.3 is 0 Å². The van der Waals surface area contributed by atoms with Crippen LogP contribution in [0.1, 0.15) is 30.4 Å². The van der Waals surface area contributed by atoms with E-state index in [1.54, 1.807) is 30.0 Å². The summed E-state index contributed by atoms with van der Waals surface area (Å²) in [6, 6.07) is 17.4. The minimum absolute atomic E-state index is 0.162. The predicted molar refractivity (Wildman–Crippen MR) is 111 cm³/mol. The summed E-state index contributed by atoms with van der Waals surface area (Å²) in [5.74, 6) is 1.02. The fraction of sp³-hybridized carbons (Fsp3) is 0.348. The molecule has 3 atom stereocenters. The van der Waals surface area contributed by atoms with E-state index in [-0.39, 0.29) is 17.8 Å². The van der Waals surface area contributed by atoms with E-state index in [1.807, 2.05) is 30.3 Å². The Labute approximate surface area is 164 Å². The maximum absolute atomic E-state index is 14.7. The third-order valence-electron chi connectivity index (χ3n) is 5.66. The number of ether oxygens (including phenoxy) is 1. The average Bonchev–Trinajstić information content (AvgIpc) is 2.72. The van der Waals surface area contributed by atoms with Crippen LogP contribution in [0.5, 0.6) is 0 Å². The molecular weight excluding hydrogens is 357 g/mol. The Morgan fingerprint density at radius 1 is 1.19 bits per heavy atom. The van der Waals surface area contributed by atoms with Gasteiger partial charge in [0.05, 0.1) is 23.3 Å².